The molecular weight excluding hydrogens is 428 g/mol. The second kappa shape index (κ2) is 10.5. The Balaban J connectivity index is 1.48. The molecule has 1 atom stereocenters. The van der Waals surface area contributed by atoms with E-state index in [0.717, 1.165) is 15.1 Å². The van der Waals surface area contributed by atoms with Gasteiger partial charge in [0.2, 0.25) is 10.0 Å². The normalized spacial score (nSPS) is 12.5. The number of ether oxygens (including phenoxy) is 2. The number of fused-ring (bicyclic) bond motifs is 1. The highest BCUT2D eigenvalue weighted by Crippen LogP contribution is 2.22. The molecule has 0 bridgehead atoms. The number of hydrogen-bond acceptors (Lipinski definition) is 5. The minimum atomic E-state index is -3.47. The average molecular weight is 457 g/mol. The predicted octanol–water partition coefficient (Wildman–Crippen LogP) is 3.44. The van der Waals surface area contributed by atoms with Crippen molar-refractivity contribution in [2.45, 2.75) is 24.3 Å². The van der Waals surface area contributed by atoms with Gasteiger partial charge in [-0.05, 0) is 53.6 Å². The summed E-state index contributed by atoms with van der Waals surface area (Å²) in [6, 6.07) is 19.9. The first kappa shape index (κ1) is 23.6. The molecule has 0 fully saturated rings. The van der Waals surface area contributed by atoms with Crippen molar-refractivity contribution < 1.29 is 22.7 Å². The molecule has 0 radical (unpaired) electrons. The average Bonchev–Trinajstić information content (AvgIpc) is 2.80. The summed E-state index contributed by atoms with van der Waals surface area (Å²) in [5.74, 6) is 0.961. The Bertz CT molecular complexity index is 1160. The van der Waals surface area contributed by atoms with Crippen molar-refractivity contribution >= 4 is 26.7 Å². The minimum Gasteiger partial charge on any atom is -0.492 e. The third-order valence-corrected chi connectivity index (χ3v) is 6.76. The Kier molecular flexibility index (Phi) is 7.71. The minimum absolute atomic E-state index is 0.194. The number of carbonyl (C=O) groups is 1. The number of nitrogens with zero attached hydrogens (tertiary/aromatic N) is 1. The van der Waals surface area contributed by atoms with E-state index in [0.29, 0.717) is 24.5 Å². The van der Waals surface area contributed by atoms with Gasteiger partial charge in [-0.2, -0.15) is 0 Å². The molecule has 0 heterocycles. The van der Waals surface area contributed by atoms with Gasteiger partial charge in [-0.15, -0.1) is 0 Å². The van der Waals surface area contributed by atoms with Crippen LogP contribution in [0.4, 0.5) is 0 Å². The first-order chi connectivity index (χ1) is 15.3. The van der Waals surface area contributed by atoms with Gasteiger partial charge in [0.05, 0.1) is 11.4 Å². The molecular formula is C24H28N2O5S. The number of benzene rings is 3. The lowest BCUT2D eigenvalue weighted by molar-refractivity contribution is -0.128. The van der Waals surface area contributed by atoms with Gasteiger partial charge in [0.25, 0.3) is 5.91 Å². The zero-order valence-corrected chi connectivity index (χ0v) is 19.3. The van der Waals surface area contributed by atoms with Crippen LogP contribution in [0.25, 0.3) is 10.8 Å². The van der Waals surface area contributed by atoms with E-state index in [4.69, 9.17) is 9.47 Å². The van der Waals surface area contributed by atoms with Gasteiger partial charge >= 0.3 is 0 Å². The molecule has 32 heavy (non-hydrogen) atoms. The Morgan fingerprint density at radius 3 is 2.28 bits per heavy atom. The molecule has 0 aliphatic carbocycles. The van der Waals surface area contributed by atoms with E-state index in [9.17, 15) is 13.2 Å². The van der Waals surface area contributed by atoms with Gasteiger partial charge in [-0.3, -0.25) is 4.79 Å². The van der Waals surface area contributed by atoms with E-state index >= 15 is 0 Å². The Hall–Kier alpha value is -3.10. The van der Waals surface area contributed by atoms with E-state index in [1.807, 2.05) is 49.4 Å². The molecule has 170 valence electrons. The van der Waals surface area contributed by atoms with Gasteiger partial charge < -0.3 is 14.8 Å². The Morgan fingerprint density at radius 1 is 0.969 bits per heavy atom. The summed E-state index contributed by atoms with van der Waals surface area (Å²) in [4.78, 5) is 12.7. The number of hydrogen-bond donors (Lipinski definition) is 1. The summed E-state index contributed by atoms with van der Waals surface area (Å²) in [7, 11) is -0.510. The predicted molar refractivity (Wildman–Crippen MR) is 124 cm³/mol. The molecule has 0 saturated carbocycles. The van der Waals surface area contributed by atoms with Crippen LogP contribution in [-0.2, 0) is 14.8 Å². The SMILES string of the molecule is CC[C@H](Oc1ccc2ccccc2c1)C(=O)NCCOc1ccc(S(=O)(=O)N(C)C)cc1. The van der Waals surface area contributed by atoms with E-state index in [2.05, 4.69) is 5.32 Å². The van der Waals surface area contributed by atoms with Crippen LogP contribution in [0.1, 0.15) is 13.3 Å². The van der Waals surface area contributed by atoms with Crippen LogP contribution < -0.4 is 14.8 Å². The van der Waals surface area contributed by atoms with E-state index in [-0.39, 0.29) is 17.4 Å². The smallest absolute Gasteiger partial charge is 0.261 e. The summed E-state index contributed by atoms with van der Waals surface area (Å²) in [5.41, 5.74) is 0. The first-order valence-electron chi connectivity index (χ1n) is 10.4. The standard InChI is InChI=1S/C24H28N2O5S/c1-4-23(31-21-10-9-18-7-5-6-8-19(18)17-21)24(27)25-15-16-30-20-11-13-22(14-12-20)32(28,29)26(2)3/h5-14,17,23H,4,15-16H2,1-3H3,(H,25,27)/t23-/m0/s1. The van der Waals surface area contributed by atoms with Crippen LogP contribution in [-0.4, -0.2) is 52.0 Å². The first-order valence-corrected chi connectivity index (χ1v) is 11.8. The topological polar surface area (TPSA) is 84.9 Å². The molecule has 0 spiro atoms. The number of carbonyl (C=O) groups excluding carboxylic acids is 1. The van der Waals surface area contributed by atoms with Crippen LogP contribution in [0, 0.1) is 0 Å². The molecule has 3 aromatic carbocycles. The van der Waals surface area contributed by atoms with Crippen molar-refractivity contribution in [3.05, 3.63) is 66.7 Å². The summed E-state index contributed by atoms with van der Waals surface area (Å²) in [6.07, 6.45) is -0.0758. The molecule has 0 saturated heterocycles. The van der Waals surface area contributed by atoms with Gasteiger partial charge in [0, 0.05) is 14.1 Å². The Morgan fingerprint density at radius 2 is 1.62 bits per heavy atom. The molecule has 0 aromatic heterocycles. The molecule has 3 rings (SSSR count). The third kappa shape index (κ3) is 5.77. The molecule has 3 aromatic rings. The van der Waals surface area contributed by atoms with Crippen molar-refractivity contribution in [3.8, 4) is 11.5 Å². The number of amides is 1. The largest absolute Gasteiger partial charge is 0.492 e. The maximum atomic E-state index is 12.5. The van der Waals surface area contributed by atoms with Crippen LogP contribution >= 0.6 is 0 Å². The summed E-state index contributed by atoms with van der Waals surface area (Å²) in [6.45, 7) is 2.44. The van der Waals surface area contributed by atoms with Crippen LogP contribution in [0.5, 0.6) is 11.5 Å². The van der Waals surface area contributed by atoms with E-state index in [1.54, 1.807) is 12.1 Å². The van der Waals surface area contributed by atoms with Crippen molar-refractivity contribution in [2.24, 2.45) is 0 Å². The molecule has 0 aliphatic rings. The second-order valence-corrected chi connectivity index (χ2v) is 9.57. The van der Waals surface area contributed by atoms with Crippen molar-refractivity contribution in [2.75, 3.05) is 27.2 Å². The lowest BCUT2D eigenvalue weighted by Gasteiger charge is -2.18. The monoisotopic (exact) mass is 456 g/mol. The van der Waals surface area contributed by atoms with Crippen LogP contribution in [0.15, 0.2) is 71.6 Å². The fraction of sp³-hybridized carbons (Fsp3) is 0.292. The van der Waals surface area contributed by atoms with E-state index in [1.165, 1.54) is 26.2 Å². The van der Waals surface area contributed by atoms with Gasteiger partial charge in [0.15, 0.2) is 6.10 Å². The highest BCUT2D eigenvalue weighted by atomic mass is 32.2. The number of sulfonamides is 1. The lowest BCUT2D eigenvalue weighted by Crippen LogP contribution is -2.39. The number of rotatable bonds is 10. The zero-order chi connectivity index (χ0) is 23.1. The van der Waals surface area contributed by atoms with Crippen LogP contribution in [0.3, 0.4) is 0 Å². The molecule has 0 unspecified atom stereocenters. The van der Waals surface area contributed by atoms with Gasteiger partial charge in [-0.25, -0.2) is 12.7 Å². The van der Waals surface area contributed by atoms with Crippen molar-refractivity contribution in [1.82, 2.24) is 9.62 Å². The molecule has 1 N–H and O–H groups in total. The second-order valence-electron chi connectivity index (χ2n) is 7.42. The molecule has 8 heteroatoms. The highest BCUT2D eigenvalue weighted by molar-refractivity contribution is 7.89. The quantitative estimate of drug-likeness (QED) is 0.473. The van der Waals surface area contributed by atoms with Crippen molar-refractivity contribution in [3.63, 3.8) is 0 Å². The number of nitrogens with one attached hydrogen (secondary N) is 1. The maximum absolute atomic E-state index is 12.5. The maximum Gasteiger partial charge on any atom is 0.261 e. The molecule has 0 aliphatic heterocycles. The summed E-state index contributed by atoms with van der Waals surface area (Å²) >= 11 is 0. The molecule has 1 amide bonds. The molecule has 7 nitrogen and oxygen atoms in total. The van der Waals surface area contributed by atoms with Crippen LogP contribution in [0.2, 0.25) is 0 Å². The lowest BCUT2D eigenvalue weighted by atomic mass is 10.1. The van der Waals surface area contributed by atoms with Crippen molar-refractivity contribution in [1.29, 1.82) is 0 Å². The highest BCUT2D eigenvalue weighted by Gasteiger charge is 2.19. The van der Waals surface area contributed by atoms with Gasteiger partial charge in [0.1, 0.15) is 18.1 Å². The fourth-order valence-corrected chi connectivity index (χ4v) is 4.00. The fourth-order valence-electron chi connectivity index (χ4n) is 3.10. The summed E-state index contributed by atoms with van der Waals surface area (Å²) < 4.78 is 36.8. The zero-order valence-electron chi connectivity index (χ0n) is 18.4. The van der Waals surface area contributed by atoms with Gasteiger partial charge in [-0.1, -0.05) is 37.3 Å². The Labute approximate surface area is 189 Å². The third-order valence-electron chi connectivity index (χ3n) is 4.93. The summed E-state index contributed by atoms with van der Waals surface area (Å²) in [5, 5.41) is 4.99. The van der Waals surface area contributed by atoms with E-state index < -0.39 is 16.1 Å².